The van der Waals surface area contributed by atoms with E-state index in [9.17, 15) is 19.8 Å². The van der Waals surface area contributed by atoms with Crippen molar-refractivity contribution < 1.29 is 34.0 Å². The molecule has 0 radical (unpaired) electrons. The Morgan fingerprint density at radius 3 is 2.56 bits per heavy atom. The number of aromatic hydroxyl groups is 1. The topological polar surface area (TPSA) is 118 Å². The maximum atomic E-state index is 13.3. The number of fused-ring (bicyclic) bond motifs is 1. The Morgan fingerprint density at radius 1 is 1.06 bits per heavy atom. The number of likely N-dealkylation sites (tertiary alicyclic amines) is 1. The standard InChI is InChI=1S/C27H24N2O7/c1-2-34-21-13-17(3-5-19(21)30)24-23(25(31)18-4-6-20-22(14-18)36-12-11-35-20)26(32)27(33)29(24)15-16-7-9-28-10-8-16/h3-10,13-14,24,30-31H,2,11-12,15H2,1H3/b25-23+. The molecule has 1 fully saturated rings. The van der Waals surface area contributed by atoms with Crippen molar-refractivity contribution in [1.82, 2.24) is 9.88 Å². The van der Waals surface area contributed by atoms with E-state index in [0.29, 0.717) is 42.4 Å². The smallest absolute Gasteiger partial charge is 0.295 e. The van der Waals surface area contributed by atoms with E-state index in [4.69, 9.17) is 14.2 Å². The quantitative estimate of drug-likeness (QED) is 0.307. The molecular formula is C27H24N2O7. The van der Waals surface area contributed by atoms with Crippen molar-refractivity contribution in [2.45, 2.75) is 19.5 Å². The lowest BCUT2D eigenvalue weighted by Crippen LogP contribution is -2.29. The summed E-state index contributed by atoms with van der Waals surface area (Å²) in [5, 5.41) is 21.6. The van der Waals surface area contributed by atoms with Crippen LogP contribution in [0, 0.1) is 0 Å². The Kier molecular flexibility index (Phi) is 6.20. The van der Waals surface area contributed by atoms with Crippen molar-refractivity contribution in [2.75, 3.05) is 19.8 Å². The summed E-state index contributed by atoms with van der Waals surface area (Å²) in [4.78, 5) is 31.9. The van der Waals surface area contributed by atoms with Gasteiger partial charge in [-0.05, 0) is 60.5 Å². The van der Waals surface area contributed by atoms with Crippen molar-refractivity contribution in [3.63, 3.8) is 0 Å². The number of Topliss-reactive ketones (excluding diaryl/α,β-unsaturated/α-hetero) is 1. The van der Waals surface area contributed by atoms with Crippen LogP contribution in [0.1, 0.15) is 29.7 Å². The molecule has 5 rings (SSSR count). The third-order valence-electron chi connectivity index (χ3n) is 6.06. The SMILES string of the molecule is CCOc1cc(C2/C(=C(\O)c3ccc4c(c3)OCCO4)C(=O)C(=O)N2Cc2ccncc2)ccc1O. The molecule has 2 aliphatic heterocycles. The first kappa shape index (κ1) is 23.2. The van der Waals surface area contributed by atoms with E-state index >= 15 is 0 Å². The van der Waals surface area contributed by atoms with Crippen molar-refractivity contribution in [3.05, 3.63) is 83.2 Å². The van der Waals surface area contributed by atoms with Crippen LogP contribution in [-0.4, -0.2) is 51.6 Å². The zero-order valence-electron chi connectivity index (χ0n) is 19.5. The first-order chi connectivity index (χ1) is 17.5. The van der Waals surface area contributed by atoms with Gasteiger partial charge in [-0.2, -0.15) is 0 Å². The van der Waals surface area contributed by atoms with Gasteiger partial charge < -0.3 is 29.3 Å². The number of amides is 1. The number of ketones is 1. The van der Waals surface area contributed by atoms with Crippen molar-refractivity contribution in [1.29, 1.82) is 0 Å². The van der Waals surface area contributed by atoms with E-state index < -0.39 is 17.7 Å². The van der Waals surface area contributed by atoms with Gasteiger partial charge in [0.15, 0.2) is 23.0 Å². The van der Waals surface area contributed by atoms with E-state index in [1.807, 2.05) is 0 Å². The molecule has 0 saturated carbocycles. The number of nitrogens with zero attached hydrogens (tertiary/aromatic N) is 2. The Balaban J connectivity index is 1.65. The molecule has 184 valence electrons. The number of carbonyl (C=O) groups is 2. The molecule has 1 amide bonds. The second-order valence-electron chi connectivity index (χ2n) is 8.30. The van der Waals surface area contributed by atoms with Gasteiger partial charge in [-0.15, -0.1) is 0 Å². The molecule has 0 bridgehead atoms. The second kappa shape index (κ2) is 9.61. The molecule has 3 aromatic rings. The summed E-state index contributed by atoms with van der Waals surface area (Å²) in [6, 6.07) is 12.0. The van der Waals surface area contributed by atoms with Gasteiger partial charge in [0.05, 0.1) is 18.2 Å². The van der Waals surface area contributed by atoms with Gasteiger partial charge in [0.25, 0.3) is 11.7 Å². The molecule has 2 N–H and O–H groups in total. The highest BCUT2D eigenvalue weighted by Gasteiger charge is 2.46. The van der Waals surface area contributed by atoms with Gasteiger partial charge in [0.2, 0.25) is 0 Å². The van der Waals surface area contributed by atoms with Gasteiger partial charge >= 0.3 is 0 Å². The molecule has 0 spiro atoms. The highest BCUT2D eigenvalue weighted by atomic mass is 16.6. The fourth-order valence-corrected chi connectivity index (χ4v) is 4.39. The minimum absolute atomic E-state index is 0.0705. The minimum Gasteiger partial charge on any atom is -0.507 e. The molecule has 0 aliphatic carbocycles. The molecule has 1 aromatic heterocycles. The normalized spacial score (nSPS) is 18.4. The van der Waals surface area contributed by atoms with E-state index in [0.717, 1.165) is 5.56 Å². The lowest BCUT2D eigenvalue weighted by molar-refractivity contribution is -0.140. The van der Waals surface area contributed by atoms with Crippen LogP contribution >= 0.6 is 0 Å². The predicted octanol–water partition coefficient (Wildman–Crippen LogP) is 3.58. The summed E-state index contributed by atoms with van der Waals surface area (Å²) in [6.07, 6.45) is 3.20. The van der Waals surface area contributed by atoms with E-state index in [1.165, 1.54) is 11.0 Å². The molecule has 1 saturated heterocycles. The number of hydrogen-bond donors (Lipinski definition) is 2. The molecule has 3 heterocycles. The zero-order chi connectivity index (χ0) is 25.2. The first-order valence-corrected chi connectivity index (χ1v) is 11.5. The van der Waals surface area contributed by atoms with Gasteiger partial charge in [-0.3, -0.25) is 14.6 Å². The highest BCUT2D eigenvalue weighted by molar-refractivity contribution is 6.46. The third kappa shape index (κ3) is 4.19. The number of ether oxygens (including phenoxy) is 3. The Bertz CT molecular complexity index is 1350. The summed E-state index contributed by atoms with van der Waals surface area (Å²) in [5.41, 5.74) is 1.51. The molecule has 2 aromatic carbocycles. The molecule has 9 heteroatoms. The van der Waals surface area contributed by atoms with Crippen LogP contribution in [0.2, 0.25) is 0 Å². The Labute approximate surface area is 207 Å². The molecular weight excluding hydrogens is 464 g/mol. The first-order valence-electron chi connectivity index (χ1n) is 11.5. The summed E-state index contributed by atoms with van der Waals surface area (Å²) < 4.78 is 16.7. The summed E-state index contributed by atoms with van der Waals surface area (Å²) in [7, 11) is 0. The van der Waals surface area contributed by atoms with E-state index in [1.54, 1.807) is 61.8 Å². The van der Waals surface area contributed by atoms with Crippen molar-refractivity contribution in [3.8, 4) is 23.0 Å². The third-order valence-corrected chi connectivity index (χ3v) is 6.06. The van der Waals surface area contributed by atoms with Crippen LogP contribution < -0.4 is 14.2 Å². The van der Waals surface area contributed by atoms with Crippen LogP contribution in [-0.2, 0) is 16.1 Å². The number of rotatable bonds is 6. The van der Waals surface area contributed by atoms with Gasteiger partial charge in [-0.25, -0.2) is 0 Å². The number of hydrogen-bond acceptors (Lipinski definition) is 8. The second-order valence-corrected chi connectivity index (χ2v) is 8.30. The van der Waals surface area contributed by atoms with Crippen molar-refractivity contribution >= 4 is 17.4 Å². The van der Waals surface area contributed by atoms with Crippen LogP contribution in [0.25, 0.3) is 5.76 Å². The monoisotopic (exact) mass is 488 g/mol. The fraction of sp³-hybridized carbons (Fsp3) is 0.222. The van der Waals surface area contributed by atoms with E-state index in [-0.39, 0.29) is 29.4 Å². The zero-order valence-corrected chi connectivity index (χ0v) is 19.5. The highest BCUT2D eigenvalue weighted by Crippen LogP contribution is 2.43. The Hall–Kier alpha value is -4.53. The van der Waals surface area contributed by atoms with Gasteiger partial charge in [0, 0.05) is 24.5 Å². The van der Waals surface area contributed by atoms with E-state index in [2.05, 4.69) is 4.98 Å². The number of carbonyl (C=O) groups excluding carboxylic acids is 2. The van der Waals surface area contributed by atoms with Crippen molar-refractivity contribution in [2.24, 2.45) is 0 Å². The predicted molar refractivity (Wildman–Crippen MR) is 129 cm³/mol. The van der Waals surface area contributed by atoms with Crippen LogP contribution in [0.3, 0.4) is 0 Å². The number of benzene rings is 2. The number of aromatic nitrogens is 1. The number of aliphatic hydroxyl groups excluding tert-OH is 1. The number of phenolic OH excluding ortho intramolecular Hbond substituents is 1. The fourth-order valence-electron chi connectivity index (χ4n) is 4.39. The Morgan fingerprint density at radius 2 is 1.81 bits per heavy atom. The largest absolute Gasteiger partial charge is 0.507 e. The molecule has 9 nitrogen and oxygen atoms in total. The lowest BCUT2D eigenvalue weighted by Gasteiger charge is -2.26. The summed E-state index contributed by atoms with van der Waals surface area (Å²) >= 11 is 0. The molecule has 36 heavy (non-hydrogen) atoms. The minimum atomic E-state index is -0.925. The maximum Gasteiger partial charge on any atom is 0.295 e. The van der Waals surface area contributed by atoms with Crippen LogP contribution in [0.15, 0.2) is 66.5 Å². The molecule has 1 atom stereocenters. The van der Waals surface area contributed by atoms with Gasteiger partial charge in [0.1, 0.15) is 19.0 Å². The van der Waals surface area contributed by atoms with Crippen LogP contribution in [0.4, 0.5) is 0 Å². The van der Waals surface area contributed by atoms with Crippen LogP contribution in [0.5, 0.6) is 23.0 Å². The number of pyridine rings is 1. The van der Waals surface area contributed by atoms with Gasteiger partial charge in [-0.1, -0.05) is 6.07 Å². The average molecular weight is 488 g/mol. The molecule has 2 aliphatic rings. The average Bonchev–Trinajstić information content (AvgIpc) is 3.15. The molecule has 1 unspecified atom stereocenters. The maximum absolute atomic E-state index is 13.3. The summed E-state index contributed by atoms with van der Waals surface area (Å²) in [6.45, 7) is 2.98. The number of phenols is 1. The lowest BCUT2D eigenvalue weighted by atomic mass is 9.94. The number of aliphatic hydroxyl groups is 1. The summed E-state index contributed by atoms with van der Waals surface area (Å²) in [5.74, 6) is -0.779.